The molecule has 0 atom stereocenters. The number of rotatable bonds is 8. The van der Waals surface area contributed by atoms with E-state index in [2.05, 4.69) is 91.8 Å². The number of aryl methyl sites for hydroxylation is 1. The van der Waals surface area contributed by atoms with Gasteiger partial charge >= 0.3 is 0 Å². The first-order valence-electron chi connectivity index (χ1n) is 12.5. The number of hydrogen-bond donors (Lipinski definition) is 2. The van der Waals surface area contributed by atoms with Crippen LogP contribution in [0.2, 0.25) is 0 Å². The second-order valence-corrected chi connectivity index (χ2v) is 9.41. The van der Waals surface area contributed by atoms with E-state index in [9.17, 15) is 0 Å². The smallest absolute Gasteiger partial charge is 0.227 e. The molecule has 3 heterocycles. The Kier molecular flexibility index (Phi) is 7.50. The monoisotopic (exact) mass is 479 g/mol. The quantitative estimate of drug-likeness (QED) is 0.371. The molecule has 0 amide bonds. The Morgan fingerprint density at radius 1 is 0.889 bits per heavy atom. The van der Waals surface area contributed by atoms with Crippen LogP contribution < -0.4 is 10.6 Å². The third-order valence-corrected chi connectivity index (χ3v) is 6.62. The molecule has 2 aromatic carbocycles. The van der Waals surface area contributed by atoms with Gasteiger partial charge in [-0.15, -0.1) is 0 Å². The highest BCUT2D eigenvalue weighted by Gasteiger charge is 2.13. The van der Waals surface area contributed by atoms with Crippen LogP contribution >= 0.6 is 0 Å². The Hall–Kier alpha value is -3.81. The van der Waals surface area contributed by atoms with Crippen LogP contribution in [0.5, 0.6) is 0 Å². The number of benzene rings is 2. The van der Waals surface area contributed by atoms with Crippen molar-refractivity contribution in [3.8, 4) is 11.3 Å². The van der Waals surface area contributed by atoms with Crippen LogP contribution in [0.1, 0.15) is 16.7 Å². The number of piperazine rings is 1. The van der Waals surface area contributed by atoms with E-state index in [-0.39, 0.29) is 0 Å². The number of nitrogens with one attached hydrogen (secondary N) is 2. The Morgan fingerprint density at radius 2 is 1.69 bits per heavy atom. The predicted molar refractivity (Wildman–Crippen MR) is 146 cm³/mol. The van der Waals surface area contributed by atoms with Crippen molar-refractivity contribution in [2.75, 3.05) is 43.9 Å². The van der Waals surface area contributed by atoms with Crippen LogP contribution in [0.3, 0.4) is 0 Å². The molecule has 5 rings (SSSR count). The van der Waals surface area contributed by atoms with Gasteiger partial charge in [-0.25, -0.2) is 9.97 Å². The third kappa shape index (κ3) is 6.24. The van der Waals surface area contributed by atoms with E-state index in [4.69, 9.17) is 0 Å². The van der Waals surface area contributed by atoms with E-state index >= 15 is 0 Å². The summed E-state index contributed by atoms with van der Waals surface area (Å²) in [7, 11) is 2.20. The second-order valence-electron chi connectivity index (χ2n) is 9.41. The lowest BCUT2D eigenvalue weighted by Crippen LogP contribution is -2.43. The normalized spacial score (nSPS) is 14.5. The molecule has 7 nitrogen and oxygen atoms in total. The predicted octanol–water partition coefficient (Wildman–Crippen LogP) is 4.95. The molecular formula is C29H33N7. The van der Waals surface area contributed by atoms with Crippen LogP contribution in [0.4, 0.5) is 17.3 Å². The summed E-state index contributed by atoms with van der Waals surface area (Å²) in [5.41, 5.74) is 7.59. The highest BCUT2D eigenvalue weighted by Crippen LogP contribution is 2.24. The molecule has 4 aromatic rings. The number of anilines is 3. The highest BCUT2D eigenvalue weighted by molar-refractivity contribution is 5.66. The van der Waals surface area contributed by atoms with Gasteiger partial charge in [0.15, 0.2) is 0 Å². The van der Waals surface area contributed by atoms with E-state index in [1.165, 1.54) is 11.1 Å². The number of aromatic nitrogens is 3. The molecule has 0 unspecified atom stereocenters. The van der Waals surface area contributed by atoms with Crippen LogP contribution in [0.25, 0.3) is 11.3 Å². The summed E-state index contributed by atoms with van der Waals surface area (Å²) in [6, 6.07) is 21.1. The van der Waals surface area contributed by atoms with Gasteiger partial charge in [-0.2, -0.15) is 0 Å². The molecule has 1 saturated heterocycles. The Morgan fingerprint density at radius 3 is 2.47 bits per heavy atom. The van der Waals surface area contributed by atoms with Gasteiger partial charge < -0.3 is 15.5 Å². The molecule has 0 radical (unpaired) electrons. The number of nitrogens with zero attached hydrogens (tertiary/aromatic N) is 5. The van der Waals surface area contributed by atoms with E-state index in [1.807, 2.05) is 18.2 Å². The van der Waals surface area contributed by atoms with Gasteiger partial charge in [0.05, 0.1) is 5.69 Å². The molecule has 184 valence electrons. The van der Waals surface area contributed by atoms with Crippen molar-refractivity contribution < 1.29 is 0 Å². The zero-order valence-corrected chi connectivity index (χ0v) is 21.0. The lowest BCUT2D eigenvalue weighted by atomic mass is 10.1. The summed E-state index contributed by atoms with van der Waals surface area (Å²) < 4.78 is 0. The average Bonchev–Trinajstić information content (AvgIpc) is 2.92. The van der Waals surface area contributed by atoms with Gasteiger partial charge in [-0.3, -0.25) is 9.88 Å². The molecule has 1 aliphatic heterocycles. The van der Waals surface area contributed by atoms with E-state index in [0.29, 0.717) is 5.95 Å². The van der Waals surface area contributed by atoms with Crippen molar-refractivity contribution in [3.05, 3.63) is 95.9 Å². The maximum Gasteiger partial charge on any atom is 0.227 e. The highest BCUT2D eigenvalue weighted by atomic mass is 15.2. The standard InChI is InChI=1S/C29H33N7/c1-22-5-10-26(18-28(22)34-29-31-13-11-27(33-29)25-4-3-12-30-20-25)32-19-23-6-8-24(9-7-23)21-36-16-14-35(2)15-17-36/h3-13,18,20,32H,14-17,19,21H2,1-2H3,(H,31,33,34). The topological polar surface area (TPSA) is 69.2 Å². The van der Waals surface area contributed by atoms with E-state index < -0.39 is 0 Å². The average molecular weight is 480 g/mol. The molecule has 0 spiro atoms. The zero-order chi connectivity index (χ0) is 24.7. The number of hydrogen-bond acceptors (Lipinski definition) is 7. The maximum atomic E-state index is 4.67. The Bertz CT molecular complexity index is 1270. The van der Waals surface area contributed by atoms with Gasteiger partial charge in [-0.1, -0.05) is 30.3 Å². The first-order chi connectivity index (χ1) is 17.6. The molecule has 36 heavy (non-hydrogen) atoms. The minimum atomic E-state index is 0.563. The minimum absolute atomic E-state index is 0.563. The zero-order valence-electron chi connectivity index (χ0n) is 21.0. The molecule has 1 fully saturated rings. The molecular weight excluding hydrogens is 446 g/mol. The summed E-state index contributed by atoms with van der Waals surface area (Å²) in [5, 5.41) is 6.93. The fraction of sp³-hybridized carbons (Fsp3) is 0.276. The summed E-state index contributed by atoms with van der Waals surface area (Å²) in [6.07, 6.45) is 5.33. The number of pyridine rings is 1. The Balaban J connectivity index is 1.20. The lowest BCUT2D eigenvalue weighted by Gasteiger charge is -2.32. The molecule has 2 N–H and O–H groups in total. The maximum absolute atomic E-state index is 4.67. The van der Waals surface area contributed by atoms with Crippen LogP contribution in [-0.2, 0) is 13.1 Å². The summed E-state index contributed by atoms with van der Waals surface area (Å²) >= 11 is 0. The van der Waals surface area contributed by atoms with Gasteiger partial charge in [0, 0.05) is 74.8 Å². The Labute approximate surface area is 213 Å². The van der Waals surface area contributed by atoms with Gasteiger partial charge in [0.25, 0.3) is 0 Å². The van der Waals surface area contributed by atoms with Crippen molar-refractivity contribution in [2.45, 2.75) is 20.0 Å². The van der Waals surface area contributed by atoms with Crippen molar-refractivity contribution in [2.24, 2.45) is 0 Å². The first-order valence-corrected chi connectivity index (χ1v) is 12.5. The van der Waals surface area contributed by atoms with Crippen molar-refractivity contribution >= 4 is 17.3 Å². The number of likely N-dealkylation sites (N-methyl/N-ethyl adjacent to an activating group) is 1. The van der Waals surface area contributed by atoms with E-state index in [0.717, 1.165) is 67.5 Å². The van der Waals surface area contributed by atoms with Gasteiger partial charge in [-0.05, 0) is 61.0 Å². The molecule has 7 heteroatoms. The fourth-order valence-electron chi connectivity index (χ4n) is 4.31. The van der Waals surface area contributed by atoms with Crippen molar-refractivity contribution in [1.82, 2.24) is 24.8 Å². The summed E-state index contributed by atoms with van der Waals surface area (Å²) in [6.45, 7) is 8.46. The lowest BCUT2D eigenvalue weighted by molar-refractivity contribution is 0.148. The van der Waals surface area contributed by atoms with E-state index in [1.54, 1.807) is 18.6 Å². The fourth-order valence-corrected chi connectivity index (χ4v) is 4.31. The van der Waals surface area contributed by atoms with Gasteiger partial charge in [0.1, 0.15) is 0 Å². The van der Waals surface area contributed by atoms with Crippen LogP contribution in [-0.4, -0.2) is 58.0 Å². The minimum Gasteiger partial charge on any atom is -0.381 e. The second kappa shape index (κ2) is 11.3. The molecule has 2 aromatic heterocycles. The molecule has 0 bridgehead atoms. The molecule has 0 aliphatic carbocycles. The third-order valence-electron chi connectivity index (χ3n) is 6.62. The van der Waals surface area contributed by atoms with Crippen LogP contribution in [0.15, 0.2) is 79.3 Å². The summed E-state index contributed by atoms with van der Waals surface area (Å²) in [5.74, 6) is 0.563. The SMILES string of the molecule is Cc1ccc(NCc2ccc(CN3CCN(C)CC3)cc2)cc1Nc1nccc(-c2cccnc2)n1. The van der Waals surface area contributed by atoms with Crippen molar-refractivity contribution in [3.63, 3.8) is 0 Å². The van der Waals surface area contributed by atoms with Crippen LogP contribution in [0, 0.1) is 6.92 Å². The molecule has 1 aliphatic rings. The van der Waals surface area contributed by atoms with Crippen molar-refractivity contribution in [1.29, 1.82) is 0 Å². The summed E-state index contributed by atoms with van der Waals surface area (Å²) in [4.78, 5) is 18.2. The first kappa shape index (κ1) is 23.9. The van der Waals surface area contributed by atoms with Gasteiger partial charge in [0.2, 0.25) is 5.95 Å². The largest absolute Gasteiger partial charge is 0.381 e. The molecule has 0 saturated carbocycles.